The van der Waals surface area contributed by atoms with Gasteiger partial charge in [0, 0.05) is 32.8 Å². The van der Waals surface area contributed by atoms with E-state index >= 15 is 0 Å². The number of nitrogens with zero attached hydrogens (tertiary/aromatic N) is 2. The number of ether oxygens (including phenoxy) is 1. The summed E-state index contributed by atoms with van der Waals surface area (Å²) in [6, 6.07) is 10.6. The largest absolute Gasteiger partial charge is 0.380 e. The van der Waals surface area contributed by atoms with Crippen LogP contribution in [0.15, 0.2) is 35.3 Å². The number of hydrogen-bond acceptors (Lipinski definition) is 3. The topological polar surface area (TPSA) is 48.9 Å². The van der Waals surface area contributed by atoms with E-state index in [9.17, 15) is 0 Å². The van der Waals surface area contributed by atoms with Gasteiger partial charge < -0.3 is 20.3 Å². The van der Waals surface area contributed by atoms with Crippen LogP contribution >= 0.6 is 0 Å². The highest BCUT2D eigenvalue weighted by molar-refractivity contribution is 5.79. The van der Waals surface area contributed by atoms with Crippen molar-refractivity contribution in [3.8, 4) is 0 Å². The molecule has 1 rings (SSSR count). The molecule has 0 saturated carbocycles. The van der Waals surface area contributed by atoms with Crippen LogP contribution in [0, 0.1) is 0 Å². The lowest BCUT2D eigenvalue weighted by Crippen LogP contribution is -2.39. The summed E-state index contributed by atoms with van der Waals surface area (Å²) in [6.07, 6.45) is 1.05. The number of aliphatic imine (C=N–C) groups is 1. The minimum Gasteiger partial charge on any atom is -0.380 e. The molecule has 0 amide bonds. The summed E-state index contributed by atoms with van der Waals surface area (Å²) < 4.78 is 5.32. The monoisotopic (exact) mass is 320 g/mol. The van der Waals surface area contributed by atoms with Crippen molar-refractivity contribution < 1.29 is 4.74 Å². The lowest BCUT2D eigenvalue weighted by Gasteiger charge is -2.16. The summed E-state index contributed by atoms with van der Waals surface area (Å²) in [7, 11) is 2.16. The van der Waals surface area contributed by atoms with Gasteiger partial charge in [0.25, 0.3) is 0 Å². The van der Waals surface area contributed by atoms with E-state index in [0.717, 1.165) is 51.7 Å². The Morgan fingerprint density at radius 1 is 1.17 bits per heavy atom. The SMILES string of the molecule is CCNC(=NCCCN(C)Cc1ccccc1)NCCOCC. The average molecular weight is 320 g/mol. The van der Waals surface area contributed by atoms with Gasteiger partial charge in [-0.25, -0.2) is 0 Å². The molecule has 0 saturated heterocycles. The molecule has 0 radical (unpaired) electrons. The average Bonchev–Trinajstić information content (AvgIpc) is 2.56. The highest BCUT2D eigenvalue weighted by atomic mass is 16.5. The Morgan fingerprint density at radius 3 is 2.65 bits per heavy atom. The third-order valence-electron chi connectivity index (χ3n) is 3.35. The second kappa shape index (κ2) is 12.9. The molecule has 0 heterocycles. The van der Waals surface area contributed by atoms with Crippen molar-refractivity contribution >= 4 is 5.96 Å². The molecule has 0 unspecified atom stereocenters. The second-order valence-corrected chi connectivity index (χ2v) is 5.46. The highest BCUT2D eigenvalue weighted by Crippen LogP contribution is 2.02. The zero-order valence-electron chi connectivity index (χ0n) is 14.8. The first-order valence-corrected chi connectivity index (χ1v) is 8.58. The van der Waals surface area contributed by atoms with Crippen molar-refractivity contribution in [3.63, 3.8) is 0 Å². The van der Waals surface area contributed by atoms with E-state index in [1.54, 1.807) is 0 Å². The minimum absolute atomic E-state index is 0.709. The van der Waals surface area contributed by atoms with Crippen molar-refractivity contribution in [2.45, 2.75) is 26.8 Å². The van der Waals surface area contributed by atoms with Crippen LogP contribution in [-0.4, -0.2) is 57.3 Å². The highest BCUT2D eigenvalue weighted by Gasteiger charge is 2.00. The van der Waals surface area contributed by atoms with Crippen LogP contribution in [-0.2, 0) is 11.3 Å². The summed E-state index contributed by atoms with van der Waals surface area (Å²) in [5.74, 6) is 0.873. The molecule has 0 aliphatic heterocycles. The number of rotatable bonds is 11. The Morgan fingerprint density at radius 2 is 1.96 bits per heavy atom. The third-order valence-corrected chi connectivity index (χ3v) is 3.35. The Balaban J connectivity index is 2.22. The molecule has 23 heavy (non-hydrogen) atoms. The first-order valence-electron chi connectivity index (χ1n) is 8.58. The Labute approximate surface area is 141 Å². The number of nitrogens with one attached hydrogen (secondary N) is 2. The third kappa shape index (κ3) is 9.92. The van der Waals surface area contributed by atoms with Crippen molar-refractivity contribution in [1.82, 2.24) is 15.5 Å². The molecule has 1 aromatic rings. The second-order valence-electron chi connectivity index (χ2n) is 5.46. The van der Waals surface area contributed by atoms with Crippen molar-refractivity contribution in [2.75, 3.05) is 46.4 Å². The standard InChI is InChI=1S/C18H32N4O/c1-4-19-18(21-13-15-23-5-2)20-12-9-14-22(3)16-17-10-7-6-8-11-17/h6-8,10-11H,4-5,9,12-16H2,1-3H3,(H2,19,20,21). The zero-order chi connectivity index (χ0) is 16.8. The predicted molar refractivity (Wildman–Crippen MR) is 97.9 cm³/mol. The maximum atomic E-state index is 5.32. The zero-order valence-corrected chi connectivity index (χ0v) is 14.8. The Bertz CT molecular complexity index is 422. The molecule has 0 bridgehead atoms. The normalized spacial score (nSPS) is 11.7. The Kier molecular flexibility index (Phi) is 10.9. The van der Waals surface area contributed by atoms with E-state index in [1.807, 2.05) is 6.92 Å². The molecule has 0 aromatic heterocycles. The fourth-order valence-corrected chi connectivity index (χ4v) is 2.23. The van der Waals surface area contributed by atoms with Gasteiger partial charge in [-0.15, -0.1) is 0 Å². The van der Waals surface area contributed by atoms with Gasteiger partial charge in [-0.1, -0.05) is 30.3 Å². The van der Waals surface area contributed by atoms with Gasteiger partial charge in [0.2, 0.25) is 0 Å². The van der Waals surface area contributed by atoms with Crippen molar-refractivity contribution in [1.29, 1.82) is 0 Å². The van der Waals surface area contributed by atoms with Gasteiger partial charge in [0.15, 0.2) is 5.96 Å². The van der Waals surface area contributed by atoms with E-state index < -0.39 is 0 Å². The van der Waals surface area contributed by atoms with E-state index in [1.165, 1.54) is 5.56 Å². The molecule has 0 aliphatic rings. The Hall–Kier alpha value is -1.59. The molecule has 5 heteroatoms. The molecule has 0 fully saturated rings. The molecular formula is C18H32N4O. The molecule has 0 aliphatic carbocycles. The summed E-state index contributed by atoms with van der Waals surface area (Å²) >= 11 is 0. The van der Waals surface area contributed by atoms with Gasteiger partial charge in [-0.05, 0) is 39.4 Å². The molecule has 0 atom stereocenters. The fourth-order valence-electron chi connectivity index (χ4n) is 2.23. The van der Waals surface area contributed by atoms with Gasteiger partial charge >= 0.3 is 0 Å². The molecule has 0 spiro atoms. The van der Waals surface area contributed by atoms with Crippen LogP contribution in [0.2, 0.25) is 0 Å². The maximum absolute atomic E-state index is 5.32. The van der Waals surface area contributed by atoms with Crippen LogP contribution in [0.5, 0.6) is 0 Å². The van der Waals surface area contributed by atoms with Crippen LogP contribution in [0.25, 0.3) is 0 Å². The van der Waals surface area contributed by atoms with E-state index in [0.29, 0.717) is 6.61 Å². The van der Waals surface area contributed by atoms with Crippen molar-refractivity contribution in [3.05, 3.63) is 35.9 Å². The maximum Gasteiger partial charge on any atom is 0.191 e. The van der Waals surface area contributed by atoms with Crippen molar-refractivity contribution in [2.24, 2.45) is 4.99 Å². The number of guanidine groups is 1. The van der Waals surface area contributed by atoms with E-state index in [-0.39, 0.29) is 0 Å². The summed E-state index contributed by atoms with van der Waals surface area (Å²) in [5, 5.41) is 6.54. The van der Waals surface area contributed by atoms with Crippen LogP contribution < -0.4 is 10.6 Å². The summed E-state index contributed by atoms with van der Waals surface area (Å²) in [4.78, 5) is 6.94. The molecule has 130 valence electrons. The van der Waals surface area contributed by atoms with Gasteiger partial charge in [0.05, 0.1) is 6.61 Å². The molecule has 5 nitrogen and oxygen atoms in total. The van der Waals surface area contributed by atoms with Gasteiger partial charge in [-0.2, -0.15) is 0 Å². The first kappa shape index (κ1) is 19.5. The van der Waals surface area contributed by atoms with E-state index in [4.69, 9.17) is 4.74 Å². The first-order chi connectivity index (χ1) is 11.3. The minimum atomic E-state index is 0.709. The van der Waals surface area contributed by atoms with Crippen LogP contribution in [0.3, 0.4) is 0 Å². The fraction of sp³-hybridized carbons (Fsp3) is 0.611. The number of benzene rings is 1. The summed E-state index contributed by atoms with van der Waals surface area (Å²) in [6.45, 7) is 10.0. The summed E-state index contributed by atoms with van der Waals surface area (Å²) in [5.41, 5.74) is 1.35. The van der Waals surface area contributed by atoms with Crippen LogP contribution in [0.4, 0.5) is 0 Å². The predicted octanol–water partition coefficient (Wildman–Crippen LogP) is 2.10. The molecule has 1 aromatic carbocycles. The lowest BCUT2D eigenvalue weighted by atomic mass is 10.2. The number of hydrogen-bond donors (Lipinski definition) is 2. The van der Waals surface area contributed by atoms with Gasteiger partial charge in [-0.3, -0.25) is 4.99 Å². The lowest BCUT2D eigenvalue weighted by molar-refractivity contribution is 0.152. The van der Waals surface area contributed by atoms with Gasteiger partial charge in [0.1, 0.15) is 0 Å². The quantitative estimate of drug-likeness (QED) is 0.372. The molecule has 2 N–H and O–H groups in total. The van der Waals surface area contributed by atoms with Crippen LogP contribution in [0.1, 0.15) is 25.8 Å². The molecular weight excluding hydrogens is 288 g/mol. The van der Waals surface area contributed by atoms with E-state index in [2.05, 4.69) is 64.8 Å². The smallest absolute Gasteiger partial charge is 0.191 e.